The van der Waals surface area contributed by atoms with Crippen molar-refractivity contribution in [3.63, 3.8) is 0 Å². The molecule has 2 aromatic rings. The summed E-state index contributed by atoms with van der Waals surface area (Å²) in [6, 6.07) is 13.3. The second kappa shape index (κ2) is 8.93. The highest BCUT2D eigenvalue weighted by atomic mass is 16.2. The largest absolute Gasteiger partial charge is 0.322 e. The smallest absolute Gasteiger partial charge is 0.255 e. The molecular weight excluding hydrogens is 416 g/mol. The van der Waals surface area contributed by atoms with Crippen LogP contribution >= 0.6 is 0 Å². The van der Waals surface area contributed by atoms with Crippen molar-refractivity contribution in [3.05, 3.63) is 70.3 Å². The zero-order valence-electron chi connectivity index (χ0n) is 19.4. The molecule has 1 saturated heterocycles. The van der Waals surface area contributed by atoms with E-state index in [1.807, 2.05) is 24.3 Å². The van der Waals surface area contributed by atoms with Crippen LogP contribution in [0.1, 0.15) is 72.6 Å². The first-order valence-electron chi connectivity index (χ1n) is 11.5. The SMILES string of the molecule is CC(C)(C)c1ccc(CC(=O)CCc2ccc3c(c2)CN(C2CCC(=O)NC2=O)C3=O)cc1. The lowest BCUT2D eigenvalue weighted by Crippen LogP contribution is -2.52. The zero-order chi connectivity index (χ0) is 23.8. The summed E-state index contributed by atoms with van der Waals surface area (Å²) in [6.45, 7) is 6.85. The maximum absolute atomic E-state index is 12.8. The van der Waals surface area contributed by atoms with E-state index in [9.17, 15) is 19.2 Å². The average molecular weight is 447 g/mol. The summed E-state index contributed by atoms with van der Waals surface area (Å²) in [4.78, 5) is 50.5. The van der Waals surface area contributed by atoms with Gasteiger partial charge in [-0.25, -0.2) is 0 Å². The lowest BCUT2D eigenvalue weighted by molar-refractivity contribution is -0.137. The first-order valence-corrected chi connectivity index (χ1v) is 11.5. The Labute approximate surface area is 194 Å². The molecule has 172 valence electrons. The normalized spacial score (nSPS) is 18.3. The van der Waals surface area contributed by atoms with Crippen LogP contribution in [-0.4, -0.2) is 34.4 Å². The lowest BCUT2D eigenvalue weighted by Gasteiger charge is -2.29. The molecular formula is C27H30N2O4. The number of Topliss-reactive ketones (excluding diaryl/α,β-unsaturated/α-hetero) is 1. The van der Waals surface area contributed by atoms with Gasteiger partial charge in [0.1, 0.15) is 11.8 Å². The van der Waals surface area contributed by atoms with E-state index in [1.165, 1.54) is 5.56 Å². The Morgan fingerprint density at radius 3 is 2.39 bits per heavy atom. The summed E-state index contributed by atoms with van der Waals surface area (Å²) in [6.07, 6.45) is 2.05. The van der Waals surface area contributed by atoms with Crippen molar-refractivity contribution in [2.45, 2.75) is 70.9 Å². The van der Waals surface area contributed by atoms with Gasteiger partial charge in [-0.3, -0.25) is 24.5 Å². The molecule has 0 aliphatic carbocycles. The number of piperidine rings is 1. The molecule has 0 saturated carbocycles. The number of aryl methyl sites for hydroxylation is 1. The maximum Gasteiger partial charge on any atom is 0.255 e. The molecule has 3 amide bonds. The third kappa shape index (κ3) is 5.05. The summed E-state index contributed by atoms with van der Waals surface area (Å²) in [5.74, 6) is -0.702. The van der Waals surface area contributed by atoms with Crippen LogP contribution in [0.3, 0.4) is 0 Å². The summed E-state index contributed by atoms with van der Waals surface area (Å²) >= 11 is 0. The van der Waals surface area contributed by atoms with Crippen LogP contribution in [0.5, 0.6) is 0 Å². The van der Waals surface area contributed by atoms with Gasteiger partial charge in [-0.1, -0.05) is 57.2 Å². The van der Waals surface area contributed by atoms with Gasteiger partial charge >= 0.3 is 0 Å². The number of nitrogens with zero attached hydrogens (tertiary/aromatic N) is 1. The third-order valence-corrected chi connectivity index (χ3v) is 6.50. The summed E-state index contributed by atoms with van der Waals surface area (Å²) in [7, 11) is 0. The number of hydrogen-bond donors (Lipinski definition) is 1. The van der Waals surface area contributed by atoms with Gasteiger partial charge in [-0.15, -0.1) is 0 Å². The Morgan fingerprint density at radius 2 is 1.73 bits per heavy atom. The number of rotatable bonds is 6. The van der Waals surface area contributed by atoms with E-state index in [1.54, 1.807) is 11.0 Å². The number of hydrogen-bond acceptors (Lipinski definition) is 4. The van der Waals surface area contributed by atoms with Crippen molar-refractivity contribution in [1.29, 1.82) is 0 Å². The number of nitrogens with one attached hydrogen (secondary N) is 1. The molecule has 0 aromatic heterocycles. The number of carbonyl (C=O) groups is 4. The van der Waals surface area contributed by atoms with Gasteiger partial charge in [0.2, 0.25) is 11.8 Å². The predicted molar refractivity (Wildman–Crippen MR) is 125 cm³/mol. The molecule has 2 aliphatic heterocycles. The lowest BCUT2D eigenvalue weighted by atomic mass is 9.86. The van der Waals surface area contributed by atoms with Gasteiger partial charge < -0.3 is 4.90 Å². The van der Waals surface area contributed by atoms with E-state index in [-0.39, 0.29) is 29.4 Å². The highest BCUT2D eigenvalue weighted by molar-refractivity contribution is 6.05. The molecule has 0 bridgehead atoms. The predicted octanol–water partition coefficient (Wildman–Crippen LogP) is 3.49. The standard InChI is InChI=1S/C27H30N2O4/c1-27(2,3)20-8-4-18(5-9-20)15-21(30)10-6-17-7-11-22-19(14-17)16-29(26(22)33)23-12-13-24(31)28-25(23)32/h4-5,7-9,11,14,23H,6,10,12-13,15-16H2,1-3H3,(H,28,31,32). The quantitative estimate of drug-likeness (QED) is 0.689. The molecule has 33 heavy (non-hydrogen) atoms. The number of amides is 3. The Balaban J connectivity index is 1.35. The van der Waals surface area contributed by atoms with Gasteiger partial charge in [-0.2, -0.15) is 0 Å². The minimum atomic E-state index is -0.614. The van der Waals surface area contributed by atoms with Crippen LogP contribution in [0.2, 0.25) is 0 Å². The molecule has 0 spiro atoms. The van der Waals surface area contributed by atoms with Gasteiger partial charge in [0, 0.05) is 31.4 Å². The molecule has 2 heterocycles. The number of imide groups is 1. The van der Waals surface area contributed by atoms with E-state index in [2.05, 4.69) is 38.2 Å². The van der Waals surface area contributed by atoms with Crippen LogP contribution in [0.15, 0.2) is 42.5 Å². The minimum Gasteiger partial charge on any atom is -0.322 e. The molecule has 1 unspecified atom stereocenters. The highest BCUT2D eigenvalue weighted by Gasteiger charge is 2.39. The average Bonchev–Trinajstić information content (AvgIpc) is 3.07. The van der Waals surface area contributed by atoms with E-state index in [0.717, 1.165) is 16.7 Å². The highest BCUT2D eigenvalue weighted by Crippen LogP contribution is 2.28. The van der Waals surface area contributed by atoms with Crippen LogP contribution in [-0.2, 0) is 39.2 Å². The maximum atomic E-state index is 12.8. The molecule has 0 radical (unpaired) electrons. The zero-order valence-corrected chi connectivity index (χ0v) is 19.4. The molecule has 2 aromatic carbocycles. The molecule has 1 N–H and O–H groups in total. The Bertz CT molecular complexity index is 1110. The van der Waals surface area contributed by atoms with E-state index in [4.69, 9.17) is 0 Å². The summed E-state index contributed by atoms with van der Waals surface area (Å²) in [5, 5.41) is 2.32. The van der Waals surface area contributed by atoms with E-state index in [0.29, 0.717) is 37.8 Å². The van der Waals surface area contributed by atoms with Gasteiger partial charge in [0.25, 0.3) is 5.91 Å². The van der Waals surface area contributed by atoms with Crippen molar-refractivity contribution in [3.8, 4) is 0 Å². The van der Waals surface area contributed by atoms with Crippen LogP contribution in [0.4, 0.5) is 0 Å². The Kier molecular flexibility index (Phi) is 6.19. The van der Waals surface area contributed by atoms with Crippen molar-refractivity contribution in [2.75, 3.05) is 0 Å². The molecule has 1 atom stereocenters. The fourth-order valence-corrected chi connectivity index (χ4v) is 4.51. The van der Waals surface area contributed by atoms with Gasteiger partial charge in [0.05, 0.1) is 0 Å². The van der Waals surface area contributed by atoms with E-state index >= 15 is 0 Å². The summed E-state index contributed by atoms with van der Waals surface area (Å²) in [5.41, 5.74) is 4.82. The topological polar surface area (TPSA) is 83.6 Å². The van der Waals surface area contributed by atoms with Gasteiger partial charge in [0.15, 0.2) is 0 Å². The number of fused-ring (bicyclic) bond motifs is 1. The van der Waals surface area contributed by atoms with Gasteiger partial charge in [-0.05, 0) is 46.6 Å². The molecule has 2 aliphatic rings. The summed E-state index contributed by atoms with van der Waals surface area (Å²) < 4.78 is 0. The fraction of sp³-hybridized carbons (Fsp3) is 0.407. The van der Waals surface area contributed by atoms with Crippen LogP contribution in [0, 0.1) is 0 Å². The number of ketones is 1. The second-order valence-electron chi connectivity index (χ2n) is 10.1. The van der Waals surface area contributed by atoms with E-state index < -0.39 is 11.9 Å². The molecule has 4 rings (SSSR count). The molecule has 6 nitrogen and oxygen atoms in total. The second-order valence-corrected chi connectivity index (χ2v) is 10.1. The first-order chi connectivity index (χ1) is 15.6. The van der Waals surface area contributed by atoms with Crippen molar-refractivity contribution >= 4 is 23.5 Å². The monoisotopic (exact) mass is 446 g/mol. The van der Waals surface area contributed by atoms with Crippen LogP contribution in [0.25, 0.3) is 0 Å². The molecule has 1 fully saturated rings. The van der Waals surface area contributed by atoms with Crippen LogP contribution < -0.4 is 5.32 Å². The Hall–Kier alpha value is -3.28. The van der Waals surface area contributed by atoms with Crippen molar-refractivity contribution in [1.82, 2.24) is 10.2 Å². The minimum absolute atomic E-state index is 0.0886. The third-order valence-electron chi connectivity index (χ3n) is 6.50. The van der Waals surface area contributed by atoms with Crippen molar-refractivity contribution in [2.24, 2.45) is 0 Å². The first kappa shape index (κ1) is 22.9. The number of benzene rings is 2. The fourth-order valence-electron chi connectivity index (χ4n) is 4.51. The Morgan fingerprint density at radius 1 is 1.03 bits per heavy atom. The number of carbonyl (C=O) groups excluding carboxylic acids is 4. The van der Waals surface area contributed by atoms with Crippen molar-refractivity contribution < 1.29 is 19.2 Å². The molecule has 6 heteroatoms.